The zero-order chi connectivity index (χ0) is 29.0. The first kappa shape index (κ1) is 29.3. The van der Waals surface area contributed by atoms with Crippen LogP contribution in [0.3, 0.4) is 0 Å². The smallest absolute Gasteiger partial charge is 0.255 e. The molecule has 0 bridgehead atoms. The molecular weight excluding hydrogens is 502 g/mol. The largest absolute Gasteiger partial charge is 0.388 e. The van der Waals surface area contributed by atoms with Crippen molar-refractivity contribution >= 4 is 11.8 Å². The van der Waals surface area contributed by atoms with E-state index in [4.69, 9.17) is 0 Å². The Morgan fingerprint density at radius 1 is 1.00 bits per heavy atom. The number of aromatic nitrogens is 1. The minimum Gasteiger partial charge on any atom is -0.388 e. The van der Waals surface area contributed by atoms with E-state index in [1.54, 1.807) is 18.1 Å². The van der Waals surface area contributed by atoms with Crippen LogP contribution in [-0.2, 0) is 11.3 Å². The van der Waals surface area contributed by atoms with Crippen molar-refractivity contribution in [2.45, 2.75) is 71.1 Å². The summed E-state index contributed by atoms with van der Waals surface area (Å²) in [6.45, 7) is 8.83. The monoisotopic (exact) mass is 543 g/mol. The van der Waals surface area contributed by atoms with Gasteiger partial charge in [-0.2, -0.15) is 0 Å². The molecule has 2 amide bonds. The van der Waals surface area contributed by atoms with Crippen molar-refractivity contribution in [1.29, 1.82) is 0 Å². The molecule has 1 aliphatic heterocycles. The first-order valence-electron chi connectivity index (χ1n) is 14.1. The maximum Gasteiger partial charge on any atom is 0.255 e. The van der Waals surface area contributed by atoms with Gasteiger partial charge in [0.05, 0.1) is 17.7 Å². The summed E-state index contributed by atoms with van der Waals surface area (Å²) in [5, 5.41) is 11.5. The number of aryl methyl sites for hydroxylation is 1. The van der Waals surface area contributed by atoms with Crippen LogP contribution in [0.5, 0.6) is 0 Å². The topological polar surface area (TPSA) is 82.9 Å². The van der Waals surface area contributed by atoms with E-state index in [-0.39, 0.29) is 35.9 Å². The molecule has 7 nitrogen and oxygen atoms in total. The third kappa shape index (κ3) is 6.70. The van der Waals surface area contributed by atoms with Gasteiger partial charge in [0.2, 0.25) is 5.91 Å². The number of piperidine rings is 1. The maximum absolute atomic E-state index is 13.5. The second-order valence-electron chi connectivity index (χ2n) is 11.6. The number of nitrogens with zero attached hydrogens (tertiary/aromatic N) is 3. The Hall–Kier alpha value is -3.71. The Balaban J connectivity index is 1.52. The lowest BCUT2D eigenvalue weighted by Gasteiger charge is -2.39. The van der Waals surface area contributed by atoms with Crippen molar-refractivity contribution in [3.05, 3.63) is 93.9 Å². The van der Waals surface area contributed by atoms with Gasteiger partial charge in [0.1, 0.15) is 0 Å². The highest BCUT2D eigenvalue weighted by Crippen LogP contribution is 2.29. The first-order valence-corrected chi connectivity index (χ1v) is 14.1. The molecule has 3 aromatic rings. The lowest BCUT2D eigenvalue weighted by Crippen LogP contribution is -2.49. The molecule has 2 heterocycles. The summed E-state index contributed by atoms with van der Waals surface area (Å²) in [5.74, 6) is 0.00260. The molecule has 4 rings (SSSR count). The number of carbonyl (C=O) groups is 2. The average molecular weight is 544 g/mol. The third-order valence-electron chi connectivity index (χ3n) is 8.14. The van der Waals surface area contributed by atoms with E-state index in [1.165, 1.54) is 10.6 Å². The van der Waals surface area contributed by atoms with Crippen LogP contribution < -0.4 is 5.56 Å². The molecule has 0 radical (unpaired) electrons. The van der Waals surface area contributed by atoms with E-state index < -0.39 is 5.60 Å². The van der Waals surface area contributed by atoms with Gasteiger partial charge >= 0.3 is 0 Å². The quantitative estimate of drug-likeness (QED) is 0.440. The van der Waals surface area contributed by atoms with Crippen LogP contribution in [0.15, 0.2) is 71.7 Å². The average Bonchev–Trinajstić information content (AvgIpc) is 2.93. The molecule has 2 aromatic carbocycles. The van der Waals surface area contributed by atoms with Crippen molar-refractivity contribution in [3.63, 3.8) is 0 Å². The number of hydrogen-bond donors (Lipinski definition) is 1. The third-order valence-corrected chi connectivity index (χ3v) is 8.14. The van der Waals surface area contributed by atoms with E-state index in [0.717, 1.165) is 16.7 Å². The zero-order valence-electron chi connectivity index (χ0n) is 24.3. The molecule has 0 spiro atoms. The van der Waals surface area contributed by atoms with Gasteiger partial charge in [-0.15, -0.1) is 0 Å². The molecule has 0 saturated carbocycles. The predicted octanol–water partition coefficient (Wildman–Crippen LogP) is 4.85. The summed E-state index contributed by atoms with van der Waals surface area (Å²) in [5.41, 5.74) is 2.55. The van der Waals surface area contributed by atoms with Crippen LogP contribution in [-0.4, -0.2) is 63.1 Å². The molecule has 212 valence electrons. The molecule has 0 aliphatic carbocycles. The molecule has 1 fully saturated rings. The number of pyridine rings is 1. The highest BCUT2D eigenvalue weighted by Gasteiger charge is 2.35. The van der Waals surface area contributed by atoms with Crippen molar-refractivity contribution in [2.75, 3.05) is 20.1 Å². The van der Waals surface area contributed by atoms with Crippen LogP contribution in [0.4, 0.5) is 0 Å². The van der Waals surface area contributed by atoms with Gasteiger partial charge in [-0.1, -0.05) is 67.1 Å². The minimum atomic E-state index is -1.15. The van der Waals surface area contributed by atoms with Crippen molar-refractivity contribution < 1.29 is 14.7 Å². The Bertz CT molecular complexity index is 1400. The number of hydrogen-bond acceptors (Lipinski definition) is 4. The van der Waals surface area contributed by atoms with Gasteiger partial charge < -0.3 is 19.5 Å². The van der Waals surface area contributed by atoms with Crippen LogP contribution in [0.25, 0.3) is 11.1 Å². The lowest BCUT2D eigenvalue weighted by molar-refractivity contribution is -0.136. The number of rotatable bonds is 8. The molecule has 1 aliphatic rings. The Morgan fingerprint density at radius 2 is 1.68 bits per heavy atom. The van der Waals surface area contributed by atoms with Gasteiger partial charge in [0, 0.05) is 50.4 Å². The molecule has 40 heavy (non-hydrogen) atoms. The minimum absolute atomic E-state index is 0.0195. The fraction of sp³-hybridized carbons (Fsp3) is 0.424. The summed E-state index contributed by atoms with van der Waals surface area (Å²) in [6, 6.07) is 19.2. The Labute approximate surface area is 237 Å². The highest BCUT2D eigenvalue weighted by molar-refractivity contribution is 6.00. The van der Waals surface area contributed by atoms with Crippen LogP contribution in [0.2, 0.25) is 0 Å². The summed E-state index contributed by atoms with van der Waals surface area (Å²) >= 11 is 0. The molecule has 1 aromatic heterocycles. The van der Waals surface area contributed by atoms with Crippen molar-refractivity contribution in [2.24, 2.45) is 0 Å². The fourth-order valence-electron chi connectivity index (χ4n) is 5.28. The molecular formula is C33H41N3O4. The highest BCUT2D eigenvalue weighted by atomic mass is 16.3. The van der Waals surface area contributed by atoms with Crippen LogP contribution in [0, 0.1) is 6.92 Å². The van der Waals surface area contributed by atoms with Gasteiger partial charge in [0.25, 0.3) is 11.5 Å². The summed E-state index contributed by atoms with van der Waals surface area (Å²) in [4.78, 5) is 43.2. The Kier molecular flexibility index (Phi) is 8.94. The maximum atomic E-state index is 13.5. The zero-order valence-corrected chi connectivity index (χ0v) is 24.3. The number of likely N-dealkylation sites (tertiary alicyclic amines) is 1. The standard InChI is InChI=1S/C33H41N3O4/c1-23(2)34(5)32(39)29-21-36(31(38)20-28(29)27-13-9-10-24(3)18-27)22-33(40)14-16-35(17-15-33)30(37)19-25(4)26-11-7-6-8-12-26/h6-13,18,20-21,23,25,40H,14-17,19,22H2,1-5H3. The van der Waals surface area contributed by atoms with Crippen LogP contribution in [0.1, 0.15) is 67.4 Å². The second-order valence-corrected chi connectivity index (χ2v) is 11.6. The SMILES string of the molecule is Cc1cccc(-c2cc(=O)n(CC3(O)CCN(C(=O)CC(C)c4ccccc4)CC3)cc2C(=O)N(C)C(C)C)c1. The molecule has 1 saturated heterocycles. The van der Waals surface area contributed by atoms with E-state index in [9.17, 15) is 19.5 Å². The van der Waals surface area contributed by atoms with Crippen molar-refractivity contribution in [3.8, 4) is 11.1 Å². The molecule has 1 N–H and O–H groups in total. The van der Waals surface area contributed by atoms with Crippen LogP contribution >= 0.6 is 0 Å². The fourth-order valence-corrected chi connectivity index (χ4v) is 5.28. The van der Waals surface area contributed by atoms with E-state index in [2.05, 4.69) is 6.92 Å². The van der Waals surface area contributed by atoms with Crippen molar-refractivity contribution in [1.82, 2.24) is 14.4 Å². The Morgan fingerprint density at radius 3 is 2.30 bits per heavy atom. The molecule has 1 atom stereocenters. The summed E-state index contributed by atoms with van der Waals surface area (Å²) in [6.07, 6.45) is 2.73. The van der Waals surface area contributed by atoms with Gasteiger partial charge in [0.15, 0.2) is 0 Å². The van der Waals surface area contributed by atoms with E-state index in [1.807, 2.05) is 80.3 Å². The lowest BCUT2D eigenvalue weighted by atomic mass is 9.90. The van der Waals surface area contributed by atoms with E-state index >= 15 is 0 Å². The summed E-state index contributed by atoms with van der Waals surface area (Å²) < 4.78 is 1.45. The normalized spacial score (nSPS) is 15.6. The second kappa shape index (κ2) is 12.2. The van der Waals surface area contributed by atoms with Gasteiger partial charge in [-0.25, -0.2) is 0 Å². The van der Waals surface area contributed by atoms with E-state index in [0.29, 0.717) is 43.5 Å². The molecule has 1 unspecified atom stereocenters. The summed E-state index contributed by atoms with van der Waals surface area (Å²) in [7, 11) is 1.75. The van der Waals surface area contributed by atoms with Gasteiger partial charge in [-0.3, -0.25) is 14.4 Å². The predicted molar refractivity (Wildman–Crippen MR) is 158 cm³/mol. The molecule has 7 heteroatoms. The number of carbonyl (C=O) groups excluding carboxylic acids is 2. The van der Waals surface area contributed by atoms with Gasteiger partial charge in [-0.05, 0) is 50.7 Å². The number of aliphatic hydroxyl groups is 1. The first-order chi connectivity index (χ1) is 19.0. The number of benzene rings is 2. The number of amides is 2.